The smallest absolute Gasteiger partial charge is 0.254 e. The first-order valence-electron chi connectivity index (χ1n) is 9.75. The lowest BCUT2D eigenvalue weighted by Gasteiger charge is -2.28. The average Bonchev–Trinajstić information content (AvgIpc) is 3.08. The zero-order chi connectivity index (χ0) is 18.4. The standard InChI is InChI=1S/C20H23N5OS/c1-24-19(13-6-7-13)11-15(21-24)12-25(16-4-2-3-5-16)20(26)14-8-9-17-18(10-14)23-27-22-17/h8-11,13,16H,2-7,12H2,1H3. The summed E-state index contributed by atoms with van der Waals surface area (Å²) in [6.07, 6.45) is 7.05. The van der Waals surface area contributed by atoms with Gasteiger partial charge in [0.1, 0.15) is 11.0 Å². The SMILES string of the molecule is Cn1nc(CN(C(=O)c2ccc3nsnc3c2)C2CCCC2)cc1C1CC1. The minimum Gasteiger partial charge on any atom is -0.330 e. The predicted molar refractivity (Wildman–Crippen MR) is 105 cm³/mol. The second kappa shape index (κ2) is 6.71. The van der Waals surface area contributed by atoms with Crippen LogP contribution in [0.3, 0.4) is 0 Å². The maximum atomic E-state index is 13.4. The first-order chi connectivity index (χ1) is 13.2. The van der Waals surface area contributed by atoms with E-state index in [1.807, 2.05) is 34.8 Å². The highest BCUT2D eigenvalue weighted by atomic mass is 32.1. The van der Waals surface area contributed by atoms with Gasteiger partial charge in [0, 0.05) is 30.3 Å². The second-order valence-electron chi connectivity index (χ2n) is 7.80. The van der Waals surface area contributed by atoms with Gasteiger partial charge >= 0.3 is 0 Å². The summed E-state index contributed by atoms with van der Waals surface area (Å²) in [5.41, 5.74) is 4.64. The van der Waals surface area contributed by atoms with Crippen molar-refractivity contribution in [2.75, 3.05) is 0 Å². The van der Waals surface area contributed by atoms with E-state index in [0.29, 0.717) is 24.1 Å². The molecule has 140 valence electrons. The Balaban J connectivity index is 1.44. The van der Waals surface area contributed by atoms with Gasteiger partial charge in [-0.3, -0.25) is 9.48 Å². The van der Waals surface area contributed by atoms with E-state index in [-0.39, 0.29) is 5.91 Å². The van der Waals surface area contributed by atoms with Crippen molar-refractivity contribution < 1.29 is 4.79 Å². The van der Waals surface area contributed by atoms with Gasteiger partial charge in [-0.2, -0.15) is 13.8 Å². The highest BCUT2D eigenvalue weighted by Crippen LogP contribution is 2.40. The molecule has 2 aliphatic carbocycles. The lowest BCUT2D eigenvalue weighted by Crippen LogP contribution is -2.38. The molecule has 0 aliphatic heterocycles. The van der Waals surface area contributed by atoms with Gasteiger partial charge in [-0.05, 0) is 49.9 Å². The summed E-state index contributed by atoms with van der Waals surface area (Å²) in [5.74, 6) is 0.738. The van der Waals surface area contributed by atoms with Gasteiger partial charge in [-0.25, -0.2) is 0 Å². The molecule has 0 spiro atoms. The van der Waals surface area contributed by atoms with Crippen molar-refractivity contribution in [3.8, 4) is 0 Å². The lowest BCUT2D eigenvalue weighted by molar-refractivity contribution is 0.0661. The third-order valence-electron chi connectivity index (χ3n) is 5.82. The molecule has 0 N–H and O–H groups in total. The Kier molecular flexibility index (Phi) is 4.19. The highest BCUT2D eigenvalue weighted by molar-refractivity contribution is 7.00. The number of amides is 1. The summed E-state index contributed by atoms with van der Waals surface area (Å²) in [7, 11) is 2.02. The van der Waals surface area contributed by atoms with Crippen LogP contribution in [-0.2, 0) is 13.6 Å². The Morgan fingerprint density at radius 1 is 1.15 bits per heavy atom. The fourth-order valence-corrected chi connectivity index (χ4v) is 4.74. The summed E-state index contributed by atoms with van der Waals surface area (Å²) >= 11 is 1.18. The van der Waals surface area contributed by atoms with Gasteiger partial charge < -0.3 is 4.90 Å². The number of fused-ring (bicyclic) bond motifs is 1. The number of hydrogen-bond donors (Lipinski definition) is 0. The molecule has 0 unspecified atom stereocenters. The third-order valence-corrected chi connectivity index (χ3v) is 6.38. The number of rotatable bonds is 5. The molecule has 1 aromatic carbocycles. The van der Waals surface area contributed by atoms with Crippen LogP contribution in [0.2, 0.25) is 0 Å². The van der Waals surface area contributed by atoms with Crippen molar-refractivity contribution in [1.29, 1.82) is 0 Å². The van der Waals surface area contributed by atoms with E-state index in [9.17, 15) is 4.79 Å². The van der Waals surface area contributed by atoms with Gasteiger partial charge in [0.05, 0.1) is 24.0 Å². The van der Waals surface area contributed by atoms with Gasteiger partial charge in [0.15, 0.2) is 0 Å². The third kappa shape index (κ3) is 3.25. The number of carbonyl (C=O) groups is 1. The molecule has 0 bridgehead atoms. The Hall–Kier alpha value is -2.28. The van der Waals surface area contributed by atoms with E-state index in [2.05, 4.69) is 14.8 Å². The van der Waals surface area contributed by atoms with Crippen LogP contribution in [0.15, 0.2) is 24.3 Å². The zero-order valence-electron chi connectivity index (χ0n) is 15.5. The molecule has 2 aliphatic rings. The number of hydrogen-bond acceptors (Lipinski definition) is 5. The predicted octanol–water partition coefficient (Wildman–Crippen LogP) is 3.89. The maximum Gasteiger partial charge on any atom is 0.254 e. The van der Waals surface area contributed by atoms with Crippen LogP contribution in [0.5, 0.6) is 0 Å². The summed E-state index contributed by atoms with van der Waals surface area (Å²) in [6, 6.07) is 8.14. The highest BCUT2D eigenvalue weighted by Gasteiger charge is 2.31. The summed E-state index contributed by atoms with van der Waals surface area (Å²) < 4.78 is 10.5. The molecule has 1 amide bonds. The second-order valence-corrected chi connectivity index (χ2v) is 8.33. The quantitative estimate of drug-likeness (QED) is 0.673. The van der Waals surface area contributed by atoms with E-state index >= 15 is 0 Å². The van der Waals surface area contributed by atoms with Crippen LogP contribution < -0.4 is 0 Å². The lowest BCUT2D eigenvalue weighted by atomic mass is 10.1. The number of carbonyl (C=O) groups excluding carboxylic acids is 1. The van der Waals surface area contributed by atoms with Gasteiger partial charge in [-0.1, -0.05) is 12.8 Å². The number of nitrogens with zero attached hydrogens (tertiary/aromatic N) is 5. The maximum absolute atomic E-state index is 13.4. The van der Waals surface area contributed by atoms with E-state index in [0.717, 1.165) is 29.6 Å². The van der Waals surface area contributed by atoms with Crippen LogP contribution in [0.4, 0.5) is 0 Å². The molecular formula is C20H23N5OS. The Bertz CT molecular complexity index is 983. The van der Waals surface area contributed by atoms with Crippen LogP contribution in [-0.4, -0.2) is 35.4 Å². The minimum atomic E-state index is 0.0791. The van der Waals surface area contributed by atoms with Gasteiger partial charge in [0.2, 0.25) is 0 Å². The minimum absolute atomic E-state index is 0.0791. The number of aromatic nitrogens is 4. The van der Waals surface area contributed by atoms with E-state index in [1.165, 1.54) is 43.1 Å². The molecule has 2 aromatic heterocycles. The zero-order valence-corrected chi connectivity index (χ0v) is 16.3. The van der Waals surface area contributed by atoms with Gasteiger partial charge in [0.25, 0.3) is 5.91 Å². The topological polar surface area (TPSA) is 63.9 Å². The molecular weight excluding hydrogens is 358 g/mol. The first kappa shape index (κ1) is 16.9. The van der Waals surface area contributed by atoms with E-state index in [1.54, 1.807) is 0 Å². The molecule has 3 aromatic rings. The summed E-state index contributed by atoms with van der Waals surface area (Å²) in [4.78, 5) is 15.4. The van der Waals surface area contributed by atoms with Crippen molar-refractivity contribution in [1.82, 2.24) is 23.4 Å². The average molecular weight is 382 g/mol. The Labute approximate surface area is 162 Å². The van der Waals surface area contributed by atoms with Gasteiger partial charge in [-0.15, -0.1) is 0 Å². The molecule has 0 radical (unpaired) electrons. The van der Waals surface area contributed by atoms with E-state index in [4.69, 9.17) is 5.10 Å². The van der Waals surface area contributed by atoms with Crippen LogP contribution >= 0.6 is 11.7 Å². The van der Waals surface area contributed by atoms with E-state index < -0.39 is 0 Å². The van der Waals surface area contributed by atoms with Crippen LogP contribution in [0.25, 0.3) is 11.0 Å². The van der Waals surface area contributed by atoms with Crippen LogP contribution in [0, 0.1) is 0 Å². The monoisotopic (exact) mass is 381 g/mol. The molecule has 2 saturated carbocycles. The summed E-state index contributed by atoms with van der Waals surface area (Å²) in [5, 5.41) is 4.70. The largest absolute Gasteiger partial charge is 0.330 e. The molecule has 0 saturated heterocycles. The first-order valence-corrected chi connectivity index (χ1v) is 10.5. The van der Waals surface area contributed by atoms with Crippen molar-refractivity contribution in [2.24, 2.45) is 7.05 Å². The Morgan fingerprint density at radius 2 is 1.93 bits per heavy atom. The van der Waals surface area contributed by atoms with Crippen molar-refractivity contribution >= 4 is 28.7 Å². The fourth-order valence-electron chi connectivity index (χ4n) is 4.22. The molecule has 5 rings (SSSR count). The Morgan fingerprint density at radius 3 is 2.70 bits per heavy atom. The normalized spacial score (nSPS) is 17.7. The van der Waals surface area contributed by atoms with Crippen molar-refractivity contribution in [3.63, 3.8) is 0 Å². The fraction of sp³-hybridized carbons (Fsp3) is 0.500. The molecule has 2 fully saturated rings. The van der Waals surface area contributed by atoms with Crippen LogP contribution in [0.1, 0.15) is 66.2 Å². The molecule has 27 heavy (non-hydrogen) atoms. The molecule has 7 heteroatoms. The molecule has 0 atom stereocenters. The van der Waals surface area contributed by atoms with Crippen molar-refractivity contribution in [3.05, 3.63) is 41.2 Å². The number of benzene rings is 1. The molecule has 2 heterocycles. The van der Waals surface area contributed by atoms with Crippen molar-refractivity contribution in [2.45, 2.75) is 57.0 Å². The molecule has 6 nitrogen and oxygen atoms in total. The summed E-state index contributed by atoms with van der Waals surface area (Å²) in [6.45, 7) is 0.581. The number of aryl methyl sites for hydroxylation is 1.